The van der Waals surface area contributed by atoms with Crippen LogP contribution in [0.5, 0.6) is 23.1 Å². The van der Waals surface area contributed by atoms with Crippen molar-refractivity contribution in [2.45, 2.75) is 13.5 Å². The van der Waals surface area contributed by atoms with Gasteiger partial charge in [-0.25, -0.2) is 0 Å². The van der Waals surface area contributed by atoms with Crippen LogP contribution >= 0.6 is 15.9 Å². The minimum atomic E-state index is -0.615. The van der Waals surface area contributed by atoms with Gasteiger partial charge in [0.2, 0.25) is 11.6 Å². The molecular weight excluding hydrogens is 442 g/mol. The van der Waals surface area contributed by atoms with Crippen molar-refractivity contribution in [3.63, 3.8) is 0 Å². The molecule has 0 saturated carbocycles. The smallest absolute Gasteiger partial charge is 0.295 e. The summed E-state index contributed by atoms with van der Waals surface area (Å²) in [6.45, 7) is 2.45. The highest BCUT2D eigenvalue weighted by atomic mass is 79.9. The molecule has 1 amide bonds. The molecule has 0 fully saturated rings. The normalized spacial score (nSPS) is 11.2. The molecule has 0 bridgehead atoms. The number of ether oxygens (including phenoxy) is 3. The van der Waals surface area contributed by atoms with Gasteiger partial charge < -0.3 is 23.9 Å². The Morgan fingerprint density at radius 1 is 1.10 bits per heavy atom. The fourth-order valence-corrected chi connectivity index (χ4v) is 3.43. The van der Waals surface area contributed by atoms with Crippen LogP contribution in [0.25, 0.3) is 10.9 Å². The Morgan fingerprint density at radius 2 is 1.76 bits per heavy atom. The standard InChI is InChI=1S/C20H20BrN3O5/c1-5-24-14-7-6-12(21)10-13(14)17(20(24)26)22-23-19(25)11-8-15(27-2)18(29-4)16(9-11)28-3/h6-10,26H,5H2,1-4H3. The number of rotatable bonds is 6. The van der Waals surface area contributed by atoms with Gasteiger partial charge in [0.05, 0.1) is 32.4 Å². The fourth-order valence-electron chi connectivity index (χ4n) is 3.07. The molecule has 0 unspecified atom stereocenters. The van der Waals surface area contributed by atoms with E-state index in [1.165, 1.54) is 33.5 Å². The number of fused-ring (bicyclic) bond motifs is 1. The third kappa shape index (κ3) is 3.77. The minimum absolute atomic E-state index is 0.0537. The number of hydrogen-bond acceptors (Lipinski definition) is 6. The summed E-state index contributed by atoms with van der Waals surface area (Å²) in [5.41, 5.74) is 1.23. The molecule has 8 nitrogen and oxygen atoms in total. The van der Waals surface area contributed by atoms with Gasteiger partial charge >= 0.3 is 0 Å². The number of amides is 1. The van der Waals surface area contributed by atoms with Crippen molar-refractivity contribution >= 4 is 38.4 Å². The molecule has 3 rings (SSSR count). The zero-order chi connectivity index (χ0) is 21.1. The molecule has 0 saturated heterocycles. The van der Waals surface area contributed by atoms with Gasteiger partial charge in [0.25, 0.3) is 5.91 Å². The second-order valence-corrected chi connectivity index (χ2v) is 6.91. The average molecular weight is 462 g/mol. The quantitative estimate of drug-likeness (QED) is 0.516. The lowest BCUT2D eigenvalue weighted by atomic mass is 10.1. The van der Waals surface area contributed by atoms with Crippen LogP contribution in [0.2, 0.25) is 0 Å². The molecule has 1 aromatic heterocycles. The van der Waals surface area contributed by atoms with Crippen molar-refractivity contribution in [3.8, 4) is 23.1 Å². The molecule has 9 heteroatoms. The molecule has 0 radical (unpaired) electrons. The van der Waals surface area contributed by atoms with Crippen molar-refractivity contribution < 1.29 is 24.1 Å². The maximum Gasteiger partial charge on any atom is 0.295 e. The largest absolute Gasteiger partial charge is 0.493 e. The number of carbonyl (C=O) groups is 1. The summed E-state index contributed by atoms with van der Waals surface area (Å²) < 4.78 is 18.3. The van der Waals surface area contributed by atoms with E-state index in [9.17, 15) is 9.90 Å². The van der Waals surface area contributed by atoms with Gasteiger partial charge in [0.15, 0.2) is 17.2 Å². The van der Waals surface area contributed by atoms with Crippen LogP contribution < -0.4 is 14.2 Å². The summed E-state index contributed by atoms with van der Waals surface area (Å²) in [6.07, 6.45) is 0. The van der Waals surface area contributed by atoms with Crippen LogP contribution in [0.15, 0.2) is 45.0 Å². The lowest BCUT2D eigenvalue weighted by Crippen LogP contribution is -2.00. The van der Waals surface area contributed by atoms with Gasteiger partial charge in [0.1, 0.15) is 0 Å². The van der Waals surface area contributed by atoms with E-state index < -0.39 is 5.91 Å². The monoisotopic (exact) mass is 461 g/mol. The average Bonchev–Trinajstić information content (AvgIpc) is 3.00. The van der Waals surface area contributed by atoms with E-state index in [0.29, 0.717) is 29.2 Å². The Balaban J connectivity index is 2.04. The lowest BCUT2D eigenvalue weighted by molar-refractivity contribution is 0.0994. The first kappa shape index (κ1) is 20.7. The zero-order valence-corrected chi connectivity index (χ0v) is 18.0. The van der Waals surface area contributed by atoms with E-state index in [-0.39, 0.29) is 17.1 Å². The second kappa shape index (κ2) is 8.52. The molecule has 0 aliphatic rings. The molecule has 152 valence electrons. The first-order chi connectivity index (χ1) is 13.9. The van der Waals surface area contributed by atoms with Crippen LogP contribution in [0.1, 0.15) is 17.3 Å². The number of aromatic hydroxyl groups is 1. The lowest BCUT2D eigenvalue weighted by Gasteiger charge is -2.12. The second-order valence-electron chi connectivity index (χ2n) is 6.00. The van der Waals surface area contributed by atoms with Gasteiger partial charge in [-0.05, 0) is 37.3 Å². The SMILES string of the molecule is CCn1c(O)c(N=NC(=O)c2cc(OC)c(OC)c(OC)c2)c2cc(Br)ccc21. The highest BCUT2D eigenvalue weighted by Gasteiger charge is 2.19. The molecule has 1 heterocycles. The van der Waals surface area contributed by atoms with Crippen molar-refractivity contribution in [1.82, 2.24) is 4.57 Å². The first-order valence-electron chi connectivity index (χ1n) is 8.71. The molecule has 29 heavy (non-hydrogen) atoms. The third-order valence-electron chi connectivity index (χ3n) is 4.44. The van der Waals surface area contributed by atoms with Crippen LogP contribution in [-0.4, -0.2) is 36.9 Å². The van der Waals surface area contributed by atoms with Gasteiger partial charge in [-0.3, -0.25) is 4.79 Å². The Kier molecular flexibility index (Phi) is 6.07. The van der Waals surface area contributed by atoms with E-state index in [1.807, 2.05) is 25.1 Å². The number of methoxy groups -OCH3 is 3. The number of azo groups is 1. The zero-order valence-electron chi connectivity index (χ0n) is 16.4. The van der Waals surface area contributed by atoms with Gasteiger partial charge in [-0.15, -0.1) is 10.2 Å². The molecule has 0 aliphatic heterocycles. The molecule has 0 atom stereocenters. The van der Waals surface area contributed by atoms with Gasteiger partial charge in [-0.2, -0.15) is 0 Å². The number of halogens is 1. The third-order valence-corrected chi connectivity index (χ3v) is 4.93. The number of nitrogens with zero attached hydrogens (tertiary/aromatic N) is 3. The maximum atomic E-state index is 12.6. The van der Waals surface area contributed by atoms with E-state index in [2.05, 4.69) is 26.2 Å². The summed E-state index contributed by atoms with van der Waals surface area (Å²) >= 11 is 3.41. The predicted octanol–water partition coefficient (Wildman–Crippen LogP) is 5.08. The van der Waals surface area contributed by atoms with Crippen LogP contribution in [0.4, 0.5) is 5.69 Å². The molecular formula is C20H20BrN3O5. The summed E-state index contributed by atoms with van der Waals surface area (Å²) in [4.78, 5) is 12.6. The Labute approximate surface area is 175 Å². The van der Waals surface area contributed by atoms with Crippen molar-refractivity contribution in [2.75, 3.05) is 21.3 Å². The molecule has 2 aromatic carbocycles. The predicted molar refractivity (Wildman–Crippen MR) is 112 cm³/mol. The van der Waals surface area contributed by atoms with Crippen LogP contribution in [0, 0.1) is 0 Å². The minimum Gasteiger partial charge on any atom is -0.493 e. The van der Waals surface area contributed by atoms with Gasteiger partial charge in [0, 0.05) is 16.4 Å². The highest BCUT2D eigenvalue weighted by Crippen LogP contribution is 2.41. The number of aryl methyl sites for hydroxylation is 1. The Hall–Kier alpha value is -3.07. The van der Waals surface area contributed by atoms with Crippen LogP contribution in [-0.2, 0) is 6.54 Å². The molecule has 0 aliphatic carbocycles. The van der Waals surface area contributed by atoms with Gasteiger partial charge in [-0.1, -0.05) is 15.9 Å². The highest BCUT2D eigenvalue weighted by molar-refractivity contribution is 9.10. The Morgan fingerprint density at radius 3 is 2.31 bits per heavy atom. The number of aromatic nitrogens is 1. The molecule has 1 N–H and O–H groups in total. The summed E-state index contributed by atoms with van der Waals surface area (Å²) in [7, 11) is 4.40. The maximum absolute atomic E-state index is 12.6. The van der Waals surface area contributed by atoms with E-state index in [1.54, 1.807) is 4.57 Å². The van der Waals surface area contributed by atoms with E-state index in [4.69, 9.17) is 14.2 Å². The van der Waals surface area contributed by atoms with E-state index in [0.717, 1.165) is 9.99 Å². The van der Waals surface area contributed by atoms with Crippen molar-refractivity contribution in [1.29, 1.82) is 0 Å². The summed E-state index contributed by atoms with van der Waals surface area (Å²) in [5.74, 6) is 0.370. The number of carbonyl (C=O) groups excluding carboxylic acids is 1. The molecule has 3 aromatic rings. The number of hydrogen-bond donors (Lipinski definition) is 1. The Bertz CT molecular complexity index is 1080. The first-order valence-corrected chi connectivity index (χ1v) is 9.51. The number of benzene rings is 2. The van der Waals surface area contributed by atoms with Crippen molar-refractivity contribution in [3.05, 3.63) is 40.4 Å². The van der Waals surface area contributed by atoms with Crippen LogP contribution in [0.3, 0.4) is 0 Å². The van der Waals surface area contributed by atoms with E-state index >= 15 is 0 Å². The summed E-state index contributed by atoms with van der Waals surface area (Å²) in [5, 5.41) is 19.1. The summed E-state index contributed by atoms with van der Waals surface area (Å²) in [6, 6.07) is 8.54. The topological polar surface area (TPSA) is 94.6 Å². The van der Waals surface area contributed by atoms with Crippen molar-refractivity contribution in [2.24, 2.45) is 10.2 Å². The molecule has 0 spiro atoms. The fraction of sp³-hybridized carbons (Fsp3) is 0.250.